The van der Waals surface area contributed by atoms with Crippen molar-refractivity contribution in [1.82, 2.24) is 0 Å². The van der Waals surface area contributed by atoms with Crippen molar-refractivity contribution in [2.75, 3.05) is 7.11 Å². The number of carbonyl (C=O) groups is 2. The number of hydrogen-bond donors (Lipinski definition) is 0. The van der Waals surface area contributed by atoms with Crippen LogP contribution in [0.3, 0.4) is 0 Å². The third kappa shape index (κ3) is 3.80. The largest absolute Gasteiger partial charge is 0.468 e. The zero-order valence-corrected chi connectivity index (χ0v) is 18.5. The van der Waals surface area contributed by atoms with Gasteiger partial charge in [-0.15, -0.1) is 0 Å². The molecule has 29 heavy (non-hydrogen) atoms. The van der Waals surface area contributed by atoms with Crippen molar-refractivity contribution < 1.29 is 14.3 Å². The van der Waals surface area contributed by atoms with Crippen LogP contribution in [0.2, 0.25) is 0 Å². The second kappa shape index (κ2) is 8.22. The fourth-order valence-corrected chi connectivity index (χ4v) is 5.08. The SMILES string of the molecule is COC(=O)C1C(C)=NC2=C(C(=O)C[C@H](c3ccccc3)C2)[C@H]1c1cccc(I)c1. The van der Waals surface area contributed by atoms with Crippen LogP contribution in [0, 0.1) is 9.49 Å². The van der Waals surface area contributed by atoms with Gasteiger partial charge in [-0.05, 0) is 65.1 Å². The lowest BCUT2D eigenvalue weighted by Crippen LogP contribution is -2.37. The van der Waals surface area contributed by atoms with Gasteiger partial charge in [0.15, 0.2) is 5.78 Å². The number of allylic oxidation sites excluding steroid dienone is 2. The van der Waals surface area contributed by atoms with E-state index in [1.54, 1.807) is 0 Å². The van der Waals surface area contributed by atoms with Crippen molar-refractivity contribution in [2.45, 2.75) is 31.6 Å². The quantitative estimate of drug-likeness (QED) is 0.440. The lowest BCUT2D eigenvalue weighted by Gasteiger charge is -2.36. The standard InChI is InChI=1S/C24H22INO3/c1-14-21(24(28)29-2)22(16-9-6-10-18(25)11-16)23-19(26-14)12-17(13-20(23)27)15-7-4-3-5-8-15/h3-11,17,21-22H,12-13H2,1-2H3/t17-,21?,22+/m1/s1. The van der Waals surface area contributed by atoms with E-state index in [0.29, 0.717) is 24.1 Å². The van der Waals surface area contributed by atoms with Gasteiger partial charge in [-0.2, -0.15) is 0 Å². The summed E-state index contributed by atoms with van der Waals surface area (Å²) >= 11 is 2.26. The molecule has 1 unspecified atom stereocenters. The summed E-state index contributed by atoms with van der Waals surface area (Å²) < 4.78 is 6.16. The van der Waals surface area contributed by atoms with Crippen molar-refractivity contribution in [3.63, 3.8) is 0 Å². The van der Waals surface area contributed by atoms with Crippen LogP contribution in [0.15, 0.2) is 70.9 Å². The summed E-state index contributed by atoms with van der Waals surface area (Å²) in [6, 6.07) is 18.1. The number of benzene rings is 2. The maximum Gasteiger partial charge on any atom is 0.315 e. The van der Waals surface area contributed by atoms with Gasteiger partial charge >= 0.3 is 5.97 Å². The highest BCUT2D eigenvalue weighted by Gasteiger charge is 2.44. The summed E-state index contributed by atoms with van der Waals surface area (Å²) in [4.78, 5) is 30.8. The molecule has 0 bridgehead atoms. The second-order valence-electron chi connectivity index (χ2n) is 7.59. The first-order chi connectivity index (χ1) is 14.0. The minimum atomic E-state index is -0.575. The first kappa shape index (κ1) is 20.0. The summed E-state index contributed by atoms with van der Waals surface area (Å²) in [5.74, 6) is -1.08. The highest BCUT2D eigenvalue weighted by molar-refractivity contribution is 14.1. The number of aliphatic imine (C=N–C) groups is 1. The van der Waals surface area contributed by atoms with E-state index >= 15 is 0 Å². The van der Waals surface area contributed by atoms with Crippen LogP contribution >= 0.6 is 22.6 Å². The normalized spacial score (nSPS) is 24.0. The van der Waals surface area contributed by atoms with Crippen LogP contribution in [-0.4, -0.2) is 24.6 Å². The van der Waals surface area contributed by atoms with Gasteiger partial charge in [0.05, 0.1) is 7.11 Å². The van der Waals surface area contributed by atoms with E-state index in [0.717, 1.165) is 20.4 Å². The van der Waals surface area contributed by atoms with E-state index in [1.807, 2.05) is 49.4 Å². The number of ketones is 1. The Balaban J connectivity index is 1.83. The molecule has 0 saturated carbocycles. The van der Waals surface area contributed by atoms with Gasteiger partial charge in [-0.3, -0.25) is 14.6 Å². The molecule has 0 aromatic heterocycles. The molecule has 3 atom stereocenters. The zero-order valence-electron chi connectivity index (χ0n) is 16.4. The molecule has 2 aliphatic rings. The number of carbonyl (C=O) groups excluding carboxylic acids is 2. The first-order valence-electron chi connectivity index (χ1n) is 9.69. The Morgan fingerprint density at radius 1 is 1.07 bits per heavy atom. The molecule has 2 aromatic carbocycles. The van der Waals surface area contributed by atoms with E-state index in [9.17, 15) is 9.59 Å². The highest BCUT2D eigenvalue weighted by Crippen LogP contribution is 2.46. The van der Waals surface area contributed by atoms with Crippen LogP contribution in [0.4, 0.5) is 0 Å². The Labute approximate surface area is 184 Å². The Hall–Kier alpha value is -2.28. The predicted molar refractivity (Wildman–Crippen MR) is 121 cm³/mol. The van der Waals surface area contributed by atoms with E-state index in [-0.39, 0.29) is 23.6 Å². The minimum Gasteiger partial charge on any atom is -0.468 e. The van der Waals surface area contributed by atoms with Gasteiger partial charge < -0.3 is 4.74 Å². The molecule has 1 aliphatic heterocycles. The van der Waals surface area contributed by atoms with Gasteiger partial charge in [0.1, 0.15) is 5.92 Å². The third-order valence-corrected chi connectivity index (χ3v) is 6.49. The van der Waals surface area contributed by atoms with Crippen LogP contribution in [-0.2, 0) is 14.3 Å². The van der Waals surface area contributed by atoms with E-state index < -0.39 is 5.92 Å². The zero-order chi connectivity index (χ0) is 20.5. The number of nitrogens with zero attached hydrogens (tertiary/aromatic N) is 1. The lowest BCUT2D eigenvalue weighted by atomic mass is 9.69. The molecule has 1 heterocycles. The van der Waals surface area contributed by atoms with Crippen LogP contribution in [0.25, 0.3) is 0 Å². The Morgan fingerprint density at radius 2 is 1.79 bits per heavy atom. The summed E-state index contributed by atoms with van der Waals surface area (Å²) in [7, 11) is 1.39. The molecule has 148 valence electrons. The smallest absolute Gasteiger partial charge is 0.315 e. The molecular formula is C24H22INO3. The molecule has 5 heteroatoms. The first-order valence-corrected chi connectivity index (χ1v) is 10.8. The number of rotatable bonds is 3. The molecule has 1 aliphatic carbocycles. The van der Waals surface area contributed by atoms with Gasteiger partial charge in [0.25, 0.3) is 0 Å². The molecule has 0 amide bonds. The van der Waals surface area contributed by atoms with Crippen molar-refractivity contribution in [3.8, 4) is 0 Å². The molecule has 2 aromatic rings. The van der Waals surface area contributed by atoms with Gasteiger partial charge in [0.2, 0.25) is 0 Å². The average Bonchev–Trinajstić information content (AvgIpc) is 2.72. The monoisotopic (exact) mass is 499 g/mol. The maximum absolute atomic E-state index is 13.4. The van der Waals surface area contributed by atoms with Gasteiger partial charge in [0, 0.05) is 32.9 Å². The highest BCUT2D eigenvalue weighted by atomic mass is 127. The van der Waals surface area contributed by atoms with Crippen molar-refractivity contribution in [1.29, 1.82) is 0 Å². The fraction of sp³-hybridized carbons (Fsp3) is 0.292. The van der Waals surface area contributed by atoms with Gasteiger partial charge in [-0.1, -0.05) is 42.5 Å². The van der Waals surface area contributed by atoms with E-state index in [2.05, 4.69) is 34.7 Å². The molecule has 0 spiro atoms. The topological polar surface area (TPSA) is 55.7 Å². The minimum absolute atomic E-state index is 0.0779. The number of halogens is 1. The molecule has 4 nitrogen and oxygen atoms in total. The van der Waals surface area contributed by atoms with E-state index in [4.69, 9.17) is 9.73 Å². The molecule has 0 radical (unpaired) electrons. The van der Waals surface area contributed by atoms with Crippen LogP contribution in [0.1, 0.15) is 42.7 Å². The number of esters is 1. The predicted octanol–water partition coefficient (Wildman–Crippen LogP) is 5.04. The summed E-state index contributed by atoms with van der Waals surface area (Å²) in [5, 5.41) is 0. The fourth-order valence-electron chi connectivity index (χ4n) is 4.51. The van der Waals surface area contributed by atoms with Gasteiger partial charge in [-0.25, -0.2) is 0 Å². The molecule has 0 fully saturated rings. The van der Waals surface area contributed by atoms with Crippen LogP contribution < -0.4 is 0 Å². The number of methoxy groups -OCH3 is 1. The van der Waals surface area contributed by atoms with Crippen molar-refractivity contribution >= 4 is 40.1 Å². The average molecular weight is 499 g/mol. The number of hydrogen-bond acceptors (Lipinski definition) is 4. The molecule has 0 saturated heterocycles. The Kier molecular flexibility index (Phi) is 5.67. The third-order valence-electron chi connectivity index (χ3n) is 5.82. The summed E-state index contributed by atoms with van der Waals surface area (Å²) in [5.41, 5.74) is 4.32. The number of ether oxygens (including phenoxy) is 1. The maximum atomic E-state index is 13.4. The van der Waals surface area contributed by atoms with Crippen molar-refractivity contribution in [3.05, 3.63) is 80.6 Å². The van der Waals surface area contributed by atoms with E-state index in [1.165, 1.54) is 7.11 Å². The molecular weight excluding hydrogens is 477 g/mol. The van der Waals surface area contributed by atoms with Crippen LogP contribution in [0.5, 0.6) is 0 Å². The summed E-state index contributed by atoms with van der Waals surface area (Å²) in [6.45, 7) is 1.86. The van der Waals surface area contributed by atoms with Crippen molar-refractivity contribution in [2.24, 2.45) is 10.9 Å². The molecule has 4 rings (SSSR count). The Bertz CT molecular complexity index is 1030. The molecule has 0 N–H and O–H groups in total. The Morgan fingerprint density at radius 3 is 2.48 bits per heavy atom. The number of Topliss-reactive ketones (excluding diaryl/α,β-unsaturated/α-hetero) is 1. The summed E-state index contributed by atoms with van der Waals surface area (Å²) in [6.07, 6.45) is 1.14. The second-order valence-corrected chi connectivity index (χ2v) is 8.83. The lowest BCUT2D eigenvalue weighted by molar-refractivity contribution is -0.143.